The van der Waals surface area contributed by atoms with Gasteiger partial charge in [-0.1, -0.05) is 30.3 Å². The number of hydrogen-bond donors (Lipinski definition) is 2. The van der Waals surface area contributed by atoms with Crippen molar-refractivity contribution in [3.8, 4) is 0 Å². The van der Waals surface area contributed by atoms with E-state index in [2.05, 4.69) is 0 Å². The molecule has 2 atom stereocenters. The fraction of sp³-hybridized carbons (Fsp3) is 0.429. The summed E-state index contributed by atoms with van der Waals surface area (Å²) in [5.41, 5.74) is -0.609. The van der Waals surface area contributed by atoms with Gasteiger partial charge in [0.1, 0.15) is 5.60 Å². The molecule has 110 valence electrons. The largest absolute Gasteiger partial charge is 0.480 e. The van der Waals surface area contributed by atoms with Crippen LogP contribution in [0.4, 0.5) is 9.18 Å². The van der Waals surface area contributed by atoms with Crippen LogP contribution in [0.1, 0.15) is 32.5 Å². The Hall–Kier alpha value is -2.11. The molecule has 0 spiro atoms. The lowest BCUT2D eigenvalue weighted by molar-refractivity contribution is -0.141. The number of carboxylic acids is 1. The molecule has 0 fully saturated rings. The summed E-state index contributed by atoms with van der Waals surface area (Å²) in [7, 11) is 0. The Morgan fingerprint density at radius 2 is 1.80 bits per heavy atom. The molecule has 0 saturated heterocycles. The summed E-state index contributed by atoms with van der Waals surface area (Å²) in [5, 5.41) is 11.1. The van der Waals surface area contributed by atoms with Crippen LogP contribution < -0.4 is 5.32 Å². The molecule has 0 bridgehead atoms. The van der Waals surface area contributed by atoms with Gasteiger partial charge in [0.2, 0.25) is 0 Å². The highest BCUT2D eigenvalue weighted by Crippen LogP contribution is 2.21. The van der Waals surface area contributed by atoms with Crippen molar-refractivity contribution in [1.29, 1.82) is 0 Å². The SMILES string of the molecule is CC(C)(C)OC(=O)N[C@H](C(=O)O)[C@@H](F)c1ccccc1. The Kier molecular flexibility index (Phi) is 5.07. The van der Waals surface area contributed by atoms with E-state index < -0.39 is 29.9 Å². The standard InChI is InChI=1S/C14H18FNO4/c1-14(2,3)20-13(19)16-11(12(17)18)10(15)9-7-5-4-6-8-9/h4-8,10-11H,1-3H3,(H,16,19)(H,17,18)/t10-,11-/m0/s1. The van der Waals surface area contributed by atoms with Gasteiger partial charge in [-0.15, -0.1) is 0 Å². The number of carboxylic acid groups (broad SMARTS) is 1. The Bertz CT molecular complexity index is 470. The van der Waals surface area contributed by atoms with Gasteiger partial charge < -0.3 is 15.2 Å². The topological polar surface area (TPSA) is 75.6 Å². The van der Waals surface area contributed by atoms with Crippen LogP contribution in [-0.4, -0.2) is 28.8 Å². The van der Waals surface area contributed by atoms with Crippen LogP contribution in [0.3, 0.4) is 0 Å². The average molecular weight is 283 g/mol. The zero-order valence-electron chi connectivity index (χ0n) is 11.6. The molecule has 0 aliphatic rings. The summed E-state index contributed by atoms with van der Waals surface area (Å²) in [6.07, 6.45) is -2.83. The van der Waals surface area contributed by atoms with Crippen molar-refractivity contribution in [2.45, 2.75) is 38.6 Å². The average Bonchev–Trinajstić information content (AvgIpc) is 2.34. The van der Waals surface area contributed by atoms with Gasteiger partial charge in [-0.05, 0) is 26.3 Å². The second-order valence-electron chi connectivity index (χ2n) is 5.27. The van der Waals surface area contributed by atoms with E-state index in [0.717, 1.165) is 0 Å². The first kappa shape index (κ1) is 15.9. The minimum Gasteiger partial charge on any atom is -0.480 e. The number of ether oxygens (including phenoxy) is 1. The molecule has 0 aliphatic carbocycles. The van der Waals surface area contributed by atoms with E-state index >= 15 is 0 Å². The molecule has 0 aromatic heterocycles. The minimum atomic E-state index is -1.86. The van der Waals surface area contributed by atoms with Crippen molar-refractivity contribution in [3.63, 3.8) is 0 Å². The third kappa shape index (κ3) is 4.87. The van der Waals surface area contributed by atoms with Gasteiger partial charge in [-0.25, -0.2) is 14.0 Å². The zero-order valence-corrected chi connectivity index (χ0v) is 11.6. The summed E-state index contributed by atoms with van der Waals surface area (Å²) in [4.78, 5) is 22.7. The number of amides is 1. The molecule has 2 N–H and O–H groups in total. The molecule has 0 saturated carbocycles. The molecule has 6 heteroatoms. The van der Waals surface area contributed by atoms with E-state index in [1.54, 1.807) is 39.0 Å². The van der Waals surface area contributed by atoms with Crippen molar-refractivity contribution in [2.24, 2.45) is 0 Å². The molecule has 0 heterocycles. The number of alkyl carbamates (subject to hydrolysis) is 1. The fourth-order valence-corrected chi connectivity index (χ4v) is 1.52. The molecule has 5 nitrogen and oxygen atoms in total. The van der Waals surface area contributed by atoms with Crippen molar-refractivity contribution >= 4 is 12.1 Å². The number of rotatable bonds is 4. The highest BCUT2D eigenvalue weighted by atomic mass is 19.1. The highest BCUT2D eigenvalue weighted by molar-refractivity contribution is 5.80. The molecular formula is C14H18FNO4. The molecule has 1 aromatic rings. The van der Waals surface area contributed by atoms with E-state index in [0.29, 0.717) is 0 Å². The summed E-state index contributed by atoms with van der Waals surface area (Å²) in [6, 6.07) is 6.08. The van der Waals surface area contributed by atoms with Gasteiger partial charge in [-0.3, -0.25) is 0 Å². The van der Waals surface area contributed by atoms with Gasteiger partial charge in [0.15, 0.2) is 12.2 Å². The predicted octanol–water partition coefficient (Wildman–Crippen LogP) is 2.68. The number of carbonyl (C=O) groups excluding carboxylic acids is 1. The molecule has 0 unspecified atom stereocenters. The van der Waals surface area contributed by atoms with Crippen LogP contribution in [0, 0.1) is 0 Å². The third-order valence-electron chi connectivity index (χ3n) is 2.35. The van der Waals surface area contributed by atoms with Gasteiger partial charge in [0, 0.05) is 0 Å². The van der Waals surface area contributed by atoms with Gasteiger partial charge >= 0.3 is 12.1 Å². The smallest absolute Gasteiger partial charge is 0.408 e. The molecular weight excluding hydrogens is 265 g/mol. The summed E-state index contributed by atoms with van der Waals surface area (Å²) >= 11 is 0. The number of carbonyl (C=O) groups is 2. The molecule has 20 heavy (non-hydrogen) atoms. The van der Waals surface area contributed by atoms with Crippen molar-refractivity contribution in [2.75, 3.05) is 0 Å². The van der Waals surface area contributed by atoms with Crippen LogP contribution in [0.2, 0.25) is 0 Å². The van der Waals surface area contributed by atoms with E-state index in [1.807, 2.05) is 5.32 Å². The maximum absolute atomic E-state index is 14.2. The molecule has 0 radical (unpaired) electrons. The Morgan fingerprint density at radius 1 is 1.25 bits per heavy atom. The van der Waals surface area contributed by atoms with Crippen LogP contribution in [0.15, 0.2) is 30.3 Å². The van der Waals surface area contributed by atoms with Crippen LogP contribution >= 0.6 is 0 Å². The van der Waals surface area contributed by atoms with E-state index in [-0.39, 0.29) is 5.56 Å². The highest BCUT2D eigenvalue weighted by Gasteiger charge is 2.32. The van der Waals surface area contributed by atoms with Gasteiger partial charge in [0.05, 0.1) is 0 Å². The zero-order chi connectivity index (χ0) is 15.3. The number of halogens is 1. The number of hydrogen-bond acceptors (Lipinski definition) is 3. The van der Waals surface area contributed by atoms with Crippen molar-refractivity contribution < 1.29 is 23.8 Å². The summed E-state index contributed by atoms with van der Waals surface area (Å²) in [5.74, 6) is -1.47. The van der Waals surface area contributed by atoms with E-state index in [9.17, 15) is 14.0 Å². The molecule has 1 aromatic carbocycles. The molecule has 1 amide bonds. The van der Waals surface area contributed by atoms with Crippen molar-refractivity contribution in [1.82, 2.24) is 5.32 Å². The number of benzene rings is 1. The summed E-state index contributed by atoms with van der Waals surface area (Å²) < 4.78 is 19.1. The van der Waals surface area contributed by atoms with Crippen LogP contribution in [0.5, 0.6) is 0 Å². The fourth-order valence-electron chi connectivity index (χ4n) is 1.52. The van der Waals surface area contributed by atoms with E-state index in [4.69, 9.17) is 9.84 Å². The van der Waals surface area contributed by atoms with Crippen molar-refractivity contribution in [3.05, 3.63) is 35.9 Å². The maximum Gasteiger partial charge on any atom is 0.408 e. The second kappa shape index (κ2) is 6.36. The second-order valence-corrected chi connectivity index (χ2v) is 5.27. The van der Waals surface area contributed by atoms with Gasteiger partial charge in [0.25, 0.3) is 0 Å². The quantitative estimate of drug-likeness (QED) is 0.890. The number of alkyl halides is 1. The summed E-state index contributed by atoms with van der Waals surface area (Å²) in [6.45, 7) is 4.89. The minimum absolute atomic E-state index is 0.177. The molecule has 0 aliphatic heterocycles. The first-order chi connectivity index (χ1) is 9.20. The lowest BCUT2D eigenvalue weighted by Gasteiger charge is -2.23. The van der Waals surface area contributed by atoms with Gasteiger partial charge in [-0.2, -0.15) is 0 Å². The lowest BCUT2D eigenvalue weighted by atomic mass is 10.0. The van der Waals surface area contributed by atoms with Crippen LogP contribution in [0.25, 0.3) is 0 Å². The normalized spacial score (nSPS) is 14.2. The first-order valence-corrected chi connectivity index (χ1v) is 6.12. The monoisotopic (exact) mass is 283 g/mol. The third-order valence-corrected chi connectivity index (χ3v) is 2.35. The Morgan fingerprint density at radius 3 is 2.25 bits per heavy atom. The van der Waals surface area contributed by atoms with E-state index in [1.165, 1.54) is 12.1 Å². The lowest BCUT2D eigenvalue weighted by Crippen LogP contribution is -2.45. The molecule has 1 rings (SSSR count). The Labute approximate surface area is 116 Å². The number of nitrogens with one attached hydrogen (secondary N) is 1. The predicted molar refractivity (Wildman–Crippen MR) is 71.1 cm³/mol. The number of aliphatic carboxylic acids is 1. The van der Waals surface area contributed by atoms with Crippen LogP contribution in [-0.2, 0) is 9.53 Å². The maximum atomic E-state index is 14.2. The first-order valence-electron chi connectivity index (χ1n) is 6.12. The Balaban J connectivity index is 2.80.